The van der Waals surface area contributed by atoms with E-state index in [0.29, 0.717) is 5.69 Å². The minimum Gasteiger partial charge on any atom is -0.397 e. The number of rotatable bonds is 2. The summed E-state index contributed by atoms with van der Waals surface area (Å²) in [4.78, 5) is 5.58. The molecule has 2 N–H and O–H groups in total. The van der Waals surface area contributed by atoms with Gasteiger partial charge in [-0.05, 0) is 41.7 Å². The molecule has 1 heterocycles. The van der Waals surface area contributed by atoms with Gasteiger partial charge in [-0.2, -0.15) is 0 Å². The van der Waals surface area contributed by atoms with Gasteiger partial charge in [0, 0.05) is 4.90 Å². The molecule has 100 valence electrons. The van der Waals surface area contributed by atoms with Gasteiger partial charge in [0.05, 0.1) is 11.9 Å². The van der Waals surface area contributed by atoms with Crippen LogP contribution in [0.3, 0.4) is 0 Å². The number of nitrogens with zero attached hydrogens (tertiary/aromatic N) is 1. The van der Waals surface area contributed by atoms with E-state index in [1.54, 1.807) is 18.0 Å². The lowest BCUT2D eigenvalue weighted by molar-refractivity contribution is 0.590. The molecule has 0 aliphatic heterocycles. The second kappa shape index (κ2) is 5.25. The van der Waals surface area contributed by atoms with Crippen LogP contribution in [0.15, 0.2) is 46.5 Å². The summed E-state index contributed by atoms with van der Waals surface area (Å²) in [7, 11) is 0. The van der Waals surface area contributed by atoms with E-state index in [0.717, 1.165) is 10.6 Å². The molecule has 0 saturated carbocycles. The lowest BCUT2D eigenvalue weighted by Gasteiger charge is -2.19. The Morgan fingerprint density at radius 2 is 1.74 bits per heavy atom. The Kier molecular flexibility index (Phi) is 3.85. The molecule has 2 nitrogen and oxygen atoms in total. The van der Waals surface area contributed by atoms with Crippen LogP contribution >= 0.6 is 11.8 Å². The van der Waals surface area contributed by atoms with E-state index in [4.69, 9.17) is 5.73 Å². The zero-order chi connectivity index (χ0) is 14.0. The van der Waals surface area contributed by atoms with Crippen molar-refractivity contribution < 1.29 is 0 Å². The Bertz CT molecular complexity index is 568. The van der Waals surface area contributed by atoms with Crippen LogP contribution < -0.4 is 5.73 Å². The molecule has 0 saturated heterocycles. The summed E-state index contributed by atoms with van der Waals surface area (Å²) < 4.78 is 0. The van der Waals surface area contributed by atoms with E-state index in [1.165, 1.54) is 10.5 Å². The highest BCUT2D eigenvalue weighted by molar-refractivity contribution is 7.99. The molecular weight excluding hydrogens is 252 g/mol. The quantitative estimate of drug-likeness (QED) is 0.879. The Morgan fingerprint density at radius 1 is 1.11 bits per heavy atom. The van der Waals surface area contributed by atoms with Crippen molar-refractivity contribution in [3.05, 3.63) is 47.7 Å². The minimum absolute atomic E-state index is 0.193. The molecule has 0 bridgehead atoms. The molecule has 0 fully saturated rings. The maximum Gasteiger partial charge on any atom is 0.104 e. The third-order valence-electron chi connectivity index (χ3n) is 2.99. The second-order valence-electron chi connectivity index (χ2n) is 5.77. The molecule has 2 rings (SSSR count). The van der Waals surface area contributed by atoms with Crippen molar-refractivity contribution in [2.24, 2.45) is 0 Å². The van der Waals surface area contributed by atoms with E-state index in [2.05, 4.69) is 50.0 Å². The fourth-order valence-corrected chi connectivity index (χ4v) is 2.65. The molecule has 0 aliphatic carbocycles. The fourth-order valence-electron chi connectivity index (χ4n) is 1.83. The first-order valence-electron chi connectivity index (χ1n) is 6.37. The number of hydrogen-bond acceptors (Lipinski definition) is 3. The summed E-state index contributed by atoms with van der Waals surface area (Å²) in [6, 6.07) is 10.6. The van der Waals surface area contributed by atoms with Crippen molar-refractivity contribution in [3.8, 4) is 0 Å². The van der Waals surface area contributed by atoms with Gasteiger partial charge in [-0.3, -0.25) is 0 Å². The lowest BCUT2D eigenvalue weighted by Crippen LogP contribution is -2.10. The molecule has 2 aromatic rings. The predicted molar refractivity (Wildman–Crippen MR) is 82.7 cm³/mol. The number of nitrogens with two attached hydrogens (primary N) is 1. The monoisotopic (exact) mass is 272 g/mol. The first-order chi connectivity index (χ1) is 8.86. The molecular formula is C16H20N2S. The van der Waals surface area contributed by atoms with Crippen molar-refractivity contribution in [2.45, 2.75) is 43.0 Å². The van der Waals surface area contributed by atoms with E-state index < -0.39 is 0 Å². The smallest absolute Gasteiger partial charge is 0.104 e. The molecule has 0 spiro atoms. The molecule has 1 aromatic carbocycles. The van der Waals surface area contributed by atoms with E-state index in [-0.39, 0.29) is 5.41 Å². The van der Waals surface area contributed by atoms with Crippen LogP contribution in [0.5, 0.6) is 0 Å². The standard InChI is InChI=1S/C16H20N2S/c1-11-9-13(17)10-18-15(11)19-14-7-5-12(6-8-14)16(2,3)4/h5-10H,17H2,1-4H3. The van der Waals surface area contributed by atoms with Crippen molar-refractivity contribution in [1.82, 2.24) is 4.98 Å². The van der Waals surface area contributed by atoms with Crippen LogP contribution in [0.1, 0.15) is 31.9 Å². The van der Waals surface area contributed by atoms with Gasteiger partial charge in [0.25, 0.3) is 0 Å². The summed E-state index contributed by atoms with van der Waals surface area (Å²) >= 11 is 1.68. The topological polar surface area (TPSA) is 38.9 Å². The van der Waals surface area contributed by atoms with Gasteiger partial charge < -0.3 is 5.73 Å². The number of benzene rings is 1. The number of aryl methyl sites for hydroxylation is 1. The lowest BCUT2D eigenvalue weighted by atomic mass is 9.87. The van der Waals surface area contributed by atoms with Crippen LogP contribution in [-0.4, -0.2) is 4.98 Å². The molecule has 3 heteroatoms. The van der Waals surface area contributed by atoms with Gasteiger partial charge in [0.2, 0.25) is 0 Å². The normalized spacial score (nSPS) is 11.6. The second-order valence-corrected chi connectivity index (χ2v) is 6.83. The van der Waals surface area contributed by atoms with E-state index >= 15 is 0 Å². The van der Waals surface area contributed by atoms with Crippen LogP contribution in [0.4, 0.5) is 5.69 Å². The number of hydrogen-bond donors (Lipinski definition) is 1. The fraction of sp³-hybridized carbons (Fsp3) is 0.312. The van der Waals surface area contributed by atoms with Gasteiger partial charge in [0.1, 0.15) is 5.03 Å². The first-order valence-corrected chi connectivity index (χ1v) is 7.18. The highest BCUT2D eigenvalue weighted by atomic mass is 32.2. The van der Waals surface area contributed by atoms with Crippen LogP contribution in [-0.2, 0) is 5.41 Å². The predicted octanol–water partition coefficient (Wildman–Crippen LogP) is 4.42. The Labute approximate surface area is 119 Å². The number of anilines is 1. The third-order valence-corrected chi connectivity index (χ3v) is 4.11. The van der Waals surface area contributed by atoms with Gasteiger partial charge >= 0.3 is 0 Å². The zero-order valence-corrected chi connectivity index (χ0v) is 12.7. The average Bonchev–Trinajstić information content (AvgIpc) is 2.32. The SMILES string of the molecule is Cc1cc(N)cnc1Sc1ccc(C(C)(C)C)cc1. The largest absolute Gasteiger partial charge is 0.397 e. The molecule has 1 aromatic heterocycles. The van der Waals surface area contributed by atoms with E-state index in [9.17, 15) is 0 Å². The van der Waals surface area contributed by atoms with Crippen LogP contribution in [0, 0.1) is 6.92 Å². The number of pyridine rings is 1. The Morgan fingerprint density at radius 3 is 2.26 bits per heavy atom. The van der Waals surface area contributed by atoms with Gasteiger partial charge in [-0.25, -0.2) is 4.98 Å². The van der Waals surface area contributed by atoms with Crippen molar-refractivity contribution >= 4 is 17.4 Å². The van der Waals surface area contributed by atoms with Gasteiger partial charge in [-0.1, -0.05) is 44.7 Å². The highest BCUT2D eigenvalue weighted by Crippen LogP contribution is 2.31. The molecule has 0 unspecified atom stereocenters. The highest BCUT2D eigenvalue weighted by Gasteiger charge is 2.13. The summed E-state index contributed by atoms with van der Waals surface area (Å²) in [6.07, 6.45) is 1.71. The Hall–Kier alpha value is -1.48. The minimum atomic E-state index is 0.193. The van der Waals surface area contributed by atoms with Crippen molar-refractivity contribution in [3.63, 3.8) is 0 Å². The first kappa shape index (κ1) is 13.9. The average molecular weight is 272 g/mol. The zero-order valence-electron chi connectivity index (χ0n) is 11.9. The summed E-state index contributed by atoms with van der Waals surface area (Å²) in [5.41, 5.74) is 9.08. The van der Waals surface area contributed by atoms with Crippen molar-refractivity contribution in [1.29, 1.82) is 0 Å². The third kappa shape index (κ3) is 3.51. The number of aromatic nitrogens is 1. The van der Waals surface area contributed by atoms with Crippen molar-refractivity contribution in [2.75, 3.05) is 5.73 Å². The molecule has 0 amide bonds. The molecule has 0 atom stereocenters. The molecule has 0 aliphatic rings. The van der Waals surface area contributed by atoms with Crippen LogP contribution in [0.2, 0.25) is 0 Å². The number of nitrogen functional groups attached to an aromatic ring is 1. The maximum atomic E-state index is 5.72. The van der Waals surface area contributed by atoms with Crippen LogP contribution in [0.25, 0.3) is 0 Å². The molecule has 0 radical (unpaired) electrons. The maximum absolute atomic E-state index is 5.72. The van der Waals surface area contributed by atoms with Gasteiger partial charge in [0.15, 0.2) is 0 Å². The summed E-state index contributed by atoms with van der Waals surface area (Å²) in [6.45, 7) is 8.71. The molecule has 19 heavy (non-hydrogen) atoms. The van der Waals surface area contributed by atoms with Gasteiger partial charge in [-0.15, -0.1) is 0 Å². The summed E-state index contributed by atoms with van der Waals surface area (Å²) in [5.74, 6) is 0. The van der Waals surface area contributed by atoms with E-state index in [1.807, 2.05) is 13.0 Å². The Balaban J connectivity index is 2.20. The summed E-state index contributed by atoms with van der Waals surface area (Å²) in [5, 5.41) is 1.01.